The monoisotopic (exact) mass is 501 g/mol. The number of carbonyl (C=O) groups is 1. The van der Waals surface area contributed by atoms with Crippen molar-refractivity contribution in [3.63, 3.8) is 0 Å². The van der Waals surface area contributed by atoms with E-state index in [1.807, 2.05) is 11.2 Å². The molecule has 1 fully saturated rings. The van der Waals surface area contributed by atoms with Crippen LogP contribution < -0.4 is 4.74 Å². The lowest BCUT2D eigenvalue weighted by molar-refractivity contribution is -0.200. The number of ether oxygens (including phenoxy) is 2. The zero-order valence-corrected chi connectivity index (χ0v) is 20.4. The van der Waals surface area contributed by atoms with E-state index in [0.29, 0.717) is 38.9 Å². The van der Waals surface area contributed by atoms with Gasteiger partial charge in [0.2, 0.25) is 0 Å². The first-order valence-electron chi connectivity index (χ1n) is 11.4. The standard InChI is InChI=1S/C23H30F3N3O4S/c1-15(23(24,25)26)32-21(30)28-8-6-18(7-9-28)22(2)13-17-12-19(27-14-20(17)33-22)16-4-10-29(11-5-16)34(3)31/h4,12,14-15,18H,5-11,13H2,1-3H3/t15-,22-,34?/m1/s1. The van der Waals surface area contributed by atoms with Crippen LogP contribution in [0.15, 0.2) is 18.3 Å². The lowest BCUT2D eigenvalue weighted by Gasteiger charge is -2.39. The molecule has 0 aromatic carbocycles. The van der Waals surface area contributed by atoms with Crippen molar-refractivity contribution in [1.29, 1.82) is 0 Å². The summed E-state index contributed by atoms with van der Waals surface area (Å²) in [6, 6.07) is 2.07. The molecule has 4 heterocycles. The number of nitrogens with zero attached hydrogens (tertiary/aromatic N) is 3. The molecule has 0 aliphatic carbocycles. The van der Waals surface area contributed by atoms with Crippen LogP contribution in [0.2, 0.25) is 0 Å². The van der Waals surface area contributed by atoms with Crippen LogP contribution in [-0.2, 0) is 22.1 Å². The zero-order chi connectivity index (χ0) is 24.7. The largest absolute Gasteiger partial charge is 0.485 e. The van der Waals surface area contributed by atoms with E-state index in [1.54, 1.807) is 12.5 Å². The van der Waals surface area contributed by atoms with Gasteiger partial charge in [0.1, 0.15) is 11.4 Å². The van der Waals surface area contributed by atoms with Gasteiger partial charge in [-0.3, -0.25) is 4.98 Å². The molecular weight excluding hydrogens is 471 g/mol. The van der Waals surface area contributed by atoms with Gasteiger partial charge in [-0.1, -0.05) is 6.08 Å². The number of piperidine rings is 1. The van der Waals surface area contributed by atoms with Crippen LogP contribution in [0.1, 0.15) is 44.4 Å². The number of hydrogen-bond donors (Lipinski definition) is 0. The molecule has 0 saturated carbocycles. The molecule has 0 spiro atoms. The minimum Gasteiger partial charge on any atom is -0.485 e. The van der Waals surface area contributed by atoms with Gasteiger partial charge in [0.25, 0.3) is 0 Å². The summed E-state index contributed by atoms with van der Waals surface area (Å²) in [6.07, 6.45) is 0.614. The molecule has 34 heavy (non-hydrogen) atoms. The topological polar surface area (TPSA) is 72.0 Å². The minimum atomic E-state index is -4.57. The summed E-state index contributed by atoms with van der Waals surface area (Å²) in [6.45, 7) is 4.90. The number of carbonyl (C=O) groups excluding carboxylic acids is 1. The van der Waals surface area contributed by atoms with E-state index in [4.69, 9.17) is 4.74 Å². The van der Waals surface area contributed by atoms with Crippen LogP contribution in [0.4, 0.5) is 18.0 Å². The van der Waals surface area contributed by atoms with E-state index in [9.17, 15) is 22.2 Å². The van der Waals surface area contributed by atoms with Crippen molar-refractivity contribution in [1.82, 2.24) is 14.2 Å². The molecule has 1 amide bonds. The van der Waals surface area contributed by atoms with Gasteiger partial charge in [0, 0.05) is 50.3 Å². The predicted octanol–water partition coefficient (Wildman–Crippen LogP) is 3.96. The fourth-order valence-electron chi connectivity index (χ4n) is 4.87. The van der Waals surface area contributed by atoms with E-state index < -0.39 is 35.0 Å². The number of likely N-dealkylation sites (tertiary alicyclic amines) is 1. The van der Waals surface area contributed by atoms with Crippen LogP contribution in [0.25, 0.3) is 5.57 Å². The van der Waals surface area contributed by atoms with Crippen LogP contribution in [0.5, 0.6) is 5.75 Å². The van der Waals surface area contributed by atoms with Crippen LogP contribution in [0, 0.1) is 5.92 Å². The van der Waals surface area contributed by atoms with Crippen molar-refractivity contribution in [2.45, 2.75) is 57.4 Å². The van der Waals surface area contributed by atoms with Gasteiger partial charge >= 0.3 is 12.3 Å². The van der Waals surface area contributed by atoms with E-state index in [0.717, 1.165) is 42.5 Å². The third kappa shape index (κ3) is 5.25. The Morgan fingerprint density at radius 2 is 2.03 bits per heavy atom. The van der Waals surface area contributed by atoms with Crippen LogP contribution in [0.3, 0.4) is 0 Å². The van der Waals surface area contributed by atoms with Gasteiger partial charge < -0.3 is 14.4 Å². The number of pyridine rings is 1. The molecule has 188 valence electrons. The fraction of sp³-hybridized carbons (Fsp3) is 0.652. The Labute approximate surface area is 199 Å². The van der Waals surface area contributed by atoms with Gasteiger partial charge in [-0.05, 0) is 44.7 Å². The van der Waals surface area contributed by atoms with Crippen molar-refractivity contribution in [3.05, 3.63) is 29.6 Å². The summed E-state index contributed by atoms with van der Waals surface area (Å²) in [7, 11) is -0.983. The van der Waals surface area contributed by atoms with Crippen molar-refractivity contribution in [3.8, 4) is 5.75 Å². The highest BCUT2D eigenvalue weighted by atomic mass is 32.2. The molecule has 7 nitrogen and oxygen atoms in total. The first-order valence-corrected chi connectivity index (χ1v) is 13.0. The van der Waals surface area contributed by atoms with Crippen molar-refractivity contribution >= 4 is 22.7 Å². The molecule has 3 aliphatic rings. The Balaban J connectivity index is 1.36. The lowest BCUT2D eigenvalue weighted by atomic mass is 9.79. The van der Waals surface area contributed by atoms with Crippen LogP contribution >= 0.6 is 0 Å². The predicted molar refractivity (Wildman–Crippen MR) is 122 cm³/mol. The molecule has 0 bridgehead atoms. The van der Waals surface area contributed by atoms with E-state index in [1.165, 1.54) is 4.90 Å². The highest BCUT2D eigenvalue weighted by molar-refractivity contribution is 7.81. The van der Waals surface area contributed by atoms with Gasteiger partial charge in [0.15, 0.2) is 6.10 Å². The SMILES string of the molecule is C[C@@H](OC(=O)N1CCC([C@@]2(C)Cc3cc(C4=CCN(S(C)=O)CC4)ncc3O2)CC1)C(F)(F)F. The zero-order valence-electron chi connectivity index (χ0n) is 19.6. The summed E-state index contributed by atoms with van der Waals surface area (Å²) < 4.78 is 62.5. The smallest absolute Gasteiger partial charge is 0.425 e. The quantitative estimate of drug-likeness (QED) is 0.625. The lowest BCUT2D eigenvalue weighted by Crippen LogP contribution is -2.48. The molecule has 1 aromatic rings. The second-order valence-electron chi connectivity index (χ2n) is 9.39. The Morgan fingerprint density at radius 3 is 2.62 bits per heavy atom. The second kappa shape index (κ2) is 9.49. The van der Waals surface area contributed by atoms with Crippen LogP contribution in [-0.4, -0.2) is 74.8 Å². The molecule has 3 aliphatic heterocycles. The minimum absolute atomic E-state index is 0.148. The molecule has 1 unspecified atom stereocenters. The Bertz CT molecular complexity index is 994. The third-order valence-corrected chi connectivity index (χ3v) is 8.11. The highest BCUT2D eigenvalue weighted by Crippen LogP contribution is 2.43. The molecule has 11 heteroatoms. The van der Waals surface area contributed by atoms with Gasteiger partial charge in [-0.15, -0.1) is 0 Å². The van der Waals surface area contributed by atoms with E-state index in [2.05, 4.69) is 21.9 Å². The Morgan fingerprint density at radius 1 is 1.32 bits per heavy atom. The number of fused-ring (bicyclic) bond motifs is 1. The van der Waals surface area contributed by atoms with Crippen molar-refractivity contribution < 1.29 is 31.6 Å². The summed E-state index contributed by atoms with van der Waals surface area (Å²) in [5.41, 5.74) is 2.66. The molecule has 4 rings (SSSR count). The molecule has 1 saturated heterocycles. The van der Waals surface area contributed by atoms with Crippen molar-refractivity contribution in [2.75, 3.05) is 32.4 Å². The number of aromatic nitrogens is 1. The first-order chi connectivity index (χ1) is 16.0. The van der Waals surface area contributed by atoms with Crippen molar-refractivity contribution in [2.24, 2.45) is 5.92 Å². The maximum Gasteiger partial charge on any atom is 0.425 e. The maximum atomic E-state index is 12.7. The Kier molecular flexibility index (Phi) is 6.97. The molecule has 0 radical (unpaired) electrons. The van der Waals surface area contributed by atoms with Gasteiger partial charge in [-0.25, -0.2) is 13.3 Å². The fourth-order valence-corrected chi connectivity index (χ4v) is 5.50. The highest BCUT2D eigenvalue weighted by Gasteiger charge is 2.45. The average molecular weight is 502 g/mol. The van der Waals surface area contributed by atoms with Gasteiger partial charge in [0.05, 0.1) is 22.9 Å². The summed E-state index contributed by atoms with van der Waals surface area (Å²) in [4.78, 5) is 18.1. The summed E-state index contributed by atoms with van der Waals surface area (Å²) in [5.74, 6) is 0.897. The molecule has 0 N–H and O–H groups in total. The number of rotatable bonds is 4. The maximum absolute atomic E-state index is 12.7. The second-order valence-corrected chi connectivity index (χ2v) is 10.8. The number of hydrogen-bond acceptors (Lipinski definition) is 5. The normalized spacial score (nSPS) is 25.8. The summed E-state index contributed by atoms with van der Waals surface area (Å²) >= 11 is 0. The number of alkyl halides is 3. The van der Waals surface area contributed by atoms with E-state index in [-0.39, 0.29) is 5.92 Å². The molecule has 1 aromatic heterocycles. The van der Waals surface area contributed by atoms with Gasteiger partial charge in [-0.2, -0.15) is 13.2 Å². The van der Waals surface area contributed by atoms with E-state index >= 15 is 0 Å². The average Bonchev–Trinajstić information content (AvgIpc) is 3.15. The first kappa shape index (κ1) is 25.0. The number of amides is 1. The Hall–Kier alpha value is -2.14. The summed E-state index contributed by atoms with van der Waals surface area (Å²) in [5, 5.41) is 0. The molecule has 3 atom stereocenters. The third-order valence-electron chi connectivity index (χ3n) is 7.05. The number of halogens is 3. The molecular formula is C23H30F3N3O4S.